The van der Waals surface area contributed by atoms with Gasteiger partial charge in [0.1, 0.15) is 0 Å². The fourth-order valence-corrected chi connectivity index (χ4v) is 4.03. The molecule has 1 aromatic carbocycles. The molecule has 0 bridgehead atoms. The second kappa shape index (κ2) is 10.3. The van der Waals surface area contributed by atoms with Gasteiger partial charge in [0.25, 0.3) is 0 Å². The molecule has 1 atom stereocenters. The Labute approximate surface area is 165 Å². The number of nitrogens with one attached hydrogen (secondary N) is 1. The molecule has 2 aromatic rings. The molecule has 148 valence electrons. The number of aryl methyl sites for hydroxylation is 1. The number of guanidine groups is 1. The summed E-state index contributed by atoms with van der Waals surface area (Å²) in [7, 11) is 4.83. The maximum atomic E-state index is 12.3. The van der Waals surface area contributed by atoms with Crippen molar-refractivity contribution in [1.29, 1.82) is 0 Å². The summed E-state index contributed by atoms with van der Waals surface area (Å²) in [5.41, 5.74) is 3.42. The van der Waals surface area contributed by atoms with Crippen molar-refractivity contribution in [3.8, 4) is 0 Å². The number of hydrogen-bond acceptors (Lipinski definition) is 3. The van der Waals surface area contributed by atoms with Gasteiger partial charge < -0.3 is 10.2 Å². The highest BCUT2D eigenvalue weighted by molar-refractivity contribution is 7.84. The minimum atomic E-state index is -0.896. The van der Waals surface area contributed by atoms with Crippen LogP contribution in [-0.4, -0.2) is 51.2 Å². The highest BCUT2D eigenvalue weighted by atomic mass is 32.2. The first-order chi connectivity index (χ1) is 12.9. The fourth-order valence-electron chi connectivity index (χ4n) is 2.99. The monoisotopic (exact) mass is 389 g/mol. The van der Waals surface area contributed by atoms with Gasteiger partial charge in [0.2, 0.25) is 0 Å². The topological polar surface area (TPSA) is 62.5 Å². The van der Waals surface area contributed by atoms with E-state index in [2.05, 4.69) is 40.4 Å². The lowest BCUT2D eigenvalue weighted by Crippen LogP contribution is -2.40. The lowest BCUT2D eigenvalue weighted by atomic mass is 10.1. The van der Waals surface area contributed by atoms with Crippen molar-refractivity contribution < 1.29 is 4.21 Å². The quantitative estimate of drug-likeness (QED) is 0.557. The Kier molecular flexibility index (Phi) is 8.03. The van der Waals surface area contributed by atoms with Gasteiger partial charge in [0, 0.05) is 68.3 Å². The second-order valence-electron chi connectivity index (χ2n) is 6.97. The van der Waals surface area contributed by atoms with Crippen LogP contribution in [0, 0.1) is 0 Å². The third-order valence-electron chi connectivity index (χ3n) is 4.25. The highest BCUT2D eigenvalue weighted by Crippen LogP contribution is 2.18. The van der Waals surface area contributed by atoms with E-state index in [0.29, 0.717) is 24.0 Å². The molecule has 1 heterocycles. The van der Waals surface area contributed by atoms with E-state index >= 15 is 0 Å². The minimum absolute atomic E-state index is 0.380. The van der Waals surface area contributed by atoms with E-state index in [0.717, 1.165) is 23.8 Å². The average Bonchev–Trinajstić information content (AvgIpc) is 3.00. The summed E-state index contributed by atoms with van der Waals surface area (Å²) >= 11 is 0. The molecule has 0 spiro atoms. The molecule has 7 heteroatoms. The first kappa shape index (κ1) is 21.2. The molecule has 1 N–H and O–H groups in total. The molecule has 0 fully saturated rings. The standard InChI is InChI=1S/C20H31N5OS/c1-16(2)19-18(14-25(5)23-19)13-24(4)20(21-3)22-11-12-27(26)15-17-9-7-6-8-10-17/h6-10,14,16H,11-13,15H2,1-5H3,(H,21,22). The molecule has 0 saturated carbocycles. The minimum Gasteiger partial charge on any atom is -0.355 e. The number of hydrogen-bond donors (Lipinski definition) is 1. The van der Waals surface area contributed by atoms with Crippen molar-refractivity contribution in [2.45, 2.75) is 32.1 Å². The van der Waals surface area contributed by atoms with E-state index in [9.17, 15) is 4.21 Å². The maximum Gasteiger partial charge on any atom is 0.193 e. The molecule has 0 saturated heterocycles. The van der Waals surface area contributed by atoms with Crippen LogP contribution in [0.2, 0.25) is 0 Å². The molecule has 1 unspecified atom stereocenters. The number of aliphatic imine (C=N–C) groups is 1. The Morgan fingerprint density at radius 2 is 2.04 bits per heavy atom. The van der Waals surface area contributed by atoms with Gasteiger partial charge in [-0.2, -0.15) is 5.10 Å². The Bertz CT molecular complexity index is 770. The lowest BCUT2D eigenvalue weighted by molar-refractivity contribution is 0.475. The van der Waals surface area contributed by atoms with Crippen LogP contribution < -0.4 is 5.32 Å². The predicted octanol–water partition coefficient (Wildman–Crippen LogP) is 2.50. The van der Waals surface area contributed by atoms with Crippen LogP contribution in [0.25, 0.3) is 0 Å². The molecule has 0 aliphatic rings. The molecule has 0 aliphatic carbocycles. The van der Waals surface area contributed by atoms with E-state index in [1.807, 2.05) is 49.1 Å². The molecular weight excluding hydrogens is 358 g/mol. The van der Waals surface area contributed by atoms with E-state index < -0.39 is 10.8 Å². The van der Waals surface area contributed by atoms with Crippen LogP contribution in [0.4, 0.5) is 0 Å². The van der Waals surface area contributed by atoms with Gasteiger partial charge in [0.15, 0.2) is 5.96 Å². The fraction of sp³-hybridized carbons (Fsp3) is 0.500. The van der Waals surface area contributed by atoms with Gasteiger partial charge >= 0.3 is 0 Å². The van der Waals surface area contributed by atoms with E-state index in [4.69, 9.17) is 0 Å². The summed E-state index contributed by atoms with van der Waals surface area (Å²) in [5, 5.41) is 7.88. The zero-order valence-corrected chi connectivity index (χ0v) is 17.8. The maximum absolute atomic E-state index is 12.3. The van der Waals surface area contributed by atoms with Gasteiger partial charge in [0.05, 0.1) is 5.69 Å². The van der Waals surface area contributed by atoms with Crippen LogP contribution in [0.3, 0.4) is 0 Å². The van der Waals surface area contributed by atoms with Crippen molar-refractivity contribution in [3.63, 3.8) is 0 Å². The summed E-state index contributed by atoms with van der Waals surface area (Å²) in [6.07, 6.45) is 2.06. The molecular formula is C20H31N5OS. The van der Waals surface area contributed by atoms with Crippen LogP contribution >= 0.6 is 0 Å². The van der Waals surface area contributed by atoms with Gasteiger partial charge in [-0.05, 0) is 11.5 Å². The van der Waals surface area contributed by atoms with Crippen molar-refractivity contribution in [3.05, 3.63) is 53.3 Å². The van der Waals surface area contributed by atoms with Crippen molar-refractivity contribution in [1.82, 2.24) is 20.0 Å². The summed E-state index contributed by atoms with van der Waals surface area (Å²) in [6, 6.07) is 9.95. The third-order valence-corrected chi connectivity index (χ3v) is 5.56. The van der Waals surface area contributed by atoms with Crippen LogP contribution in [-0.2, 0) is 30.1 Å². The number of nitrogens with zero attached hydrogens (tertiary/aromatic N) is 4. The van der Waals surface area contributed by atoms with Gasteiger partial charge in [-0.1, -0.05) is 44.2 Å². The lowest BCUT2D eigenvalue weighted by Gasteiger charge is -2.22. The smallest absolute Gasteiger partial charge is 0.193 e. The Morgan fingerprint density at radius 3 is 2.67 bits per heavy atom. The third kappa shape index (κ3) is 6.50. The number of benzene rings is 1. The molecule has 2 rings (SSSR count). The van der Waals surface area contributed by atoms with Crippen molar-refractivity contribution in [2.75, 3.05) is 26.4 Å². The van der Waals surface area contributed by atoms with Gasteiger partial charge in [-0.3, -0.25) is 13.9 Å². The average molecular weight is 390 g/mol. The first-order valence-electron chi connectivity index (χ1n) is 9.23. The van der Waals surface area contributed by atoms with Gasteiger partial charge in [-0.15, -0.1) is 0 Å². The molecule has 0 radical (unpaired) electrons. The first-order valence-corrected chi connectivity index (χ1v) is 10.7. The summed E-state index contributed by atoms with van der Waals surface area (Å²) in [6.45, 7) is 5.66. The van der Waals surface area contributed by atoms with Crippen LogP contribution in [0.5, 0.6) is 0 Å². The van der Waals surface area contributed by atoms with Gasteiger partial charge in [-0.25, -0.2) is 0 Å². The number of rotatable bonds is 8. The highest BCUT2D eigenvalue weighted by Gasteiger charge is 2.15. The van der Waals surface area contributed by atoms with Crippen LogP contribution in [0.15, 0.2) is 41.5 Å². The number of aromatic nitrogens is 2. The Balaban J connectivity index is 1.85. The largest absolute Gasteiger partial charge is 0.355 e. The second-order valence-corrected chi connectivity index (χ2v) is 8.55. The van der Waals surface area contributed by atoms with Crippen molar-refractivity contribution in [2.24, 2.45) is 12.0 Å². The zero-order chi connectivity index (χ0) is 19.8. The van der Waals surface area contributed by atoms with Crippen molar-refractivity contribution >= 4 is 16.8 Å². The molecule has 27 heavy (non-hydrogen) atoms. The predicted molar refractivity (Wildman–Crippen MR) is 113 cm³/mol. The molecule has 1 aromatic heterocycles. The summed E-state index contributed by atoms with van der Waals surface area (Å²) < 4.78 is 14.1. The van der Waals surface area contributed by atoms with E-state index in [1.54, 1.807) is 7.05 Å². The normalized spacial score (nSPS) is 13.0. The zero-order valence-electron chi connectivity index (χ0n) is 17.0. The SMILES string of the molecule is CN=C(NCCS(=O)Cc1ccccc1)N(C)Cc1cn(C)nc1C(C)C. The summed E-state index contributed by atoms with van der Waals surface area (Å²) in [4.78, 5) is 6.42. The Hall–Kier alpha value is -2.15. The van der Waals surface area contributed by atoms with Crippen LogP contribution in [0.1, 0.15) is 36.6 Å². The summed E-state index contributed by atoms with van der Waals surface area (Å²) in [5.74, 6) is 2.35. The molecule has 0 amide bonds. The van der Waals surface area contributed by atoms with E-state index in [1.165, 1.54) is 5.56 Å². The molecule has 6 nitrogen and oxygen atoms in total. The molecule has 0 aliphatic heterocycles. The van der Waals surface area contributed by atoms with E-state index in [-0.39, 0.29) is 0 Å². The Morgan fingerprint density at radius 1 is 1.33 bits per heavy atom.